The zero-order valence-electron chi connectivity index (χ0n) is 25.4. The van der Waals surface area contributed by atoms with Crippen molar-refractivity contribution in [3.63, 3.8) is 0 Å². The molecule has 4 rings (SSSR count). The third-order valence-electron chi connectivity index (χ3n) is 7.73. The normalized spacial score (nSPS) is 15.0. The molecule has 41 heavy (non-hydrogen) atoms. The van der Waals surface area contributed by atoms with Crippen LogP contribution in [-0.4, -0.2) is 68.1 Å². The van der Waals surface area contributed by atoms with Gasteiger partial charge in [-0.2, -0.15) is 0 Å². The number of benzene rings is 1. The second-order valence-electron chi connectivity index (χ2n) is 10.7. The first kappa shape index (κ1) is 29.9. The first-order chi connectivity index (χ1) is 19.6. The van der Waals surface area contributed by atoms with Crippen molar-refractivity contribution in [2.45, 2.75) is 40.0 Å². The van der Waals surface area contributed by atoms with Crippen LogP contribution in [0, 0.1) is 13.8 Å². The summed E-state index contributed by atoms with van der Waals surface area (Å²) in [7, 11) is 5.78. The topological polar surface area (TPSA) is 92.3 Å². The third-order valence-corrected chi connectivity index (χ3v) is 7.73. The van der Waals surface area contributed by atoms with Gasteiger partial charge in [0.05, 0.1) is 24.7 Å². The fourth-order valence-electron chi connectivity index (χ4n) is 4.86. The number of aromatic nitrogens is 2. The Morgan fingerprint density at radius 1 is 1.15 bits per heavy atom. The fourth-order valence-corrected chi connectivity index (χ4v) is 4.86. The van der Waals surface area contributed by atoms with E-state index in [4.69, 9.17) is 25.2 Å². The van der Waals surface area contributed by atoms with E-state index in [0.29, 0.717) is 29.1 Å². The van der Waals surface area contributed by atoms with E-state index in [1.165, 1.54) is 5.56 Å². The number of anilines is 2. The predicted molar refractivity (Wildman–Crippen MR) is 168 cm³/mol. The fraction of sp³-hybridized carbons (Fsp3) is 0.406. The van der Waals surface area contributed by atoms with Crippen molar-refractivity contribution in [2.75, 3.05) is 57.2 Å². The summed E-state index contributed by atoms with van der Waals surface area (Å²) in [4.78, 5) is 20.7. The van der Waals surface area contributed by atoms with Gasteiger partial charge in [0.1, 0.15) is 17.3 Å². The molecule has 1 unspecified atom stereocenters. The van der Waals surface area contributed by atoms with Crippen molar-refractivity contribution in [3.8, 4) is 17.4 Å². The minimum atomic E-state index is 0.352. The van der Waals surface area contributed by atoms with Gasteiger partial charge >= 0.3 is 0 Å². The maximum Gasteiger partial charge on any atom is 0.219 e. The molecule has 0 radical (unpaired) electrons. The first-order valence-electron chi connectivity index (χ1n) is 14.1. The SMILES string of the molecule is C=CN(C)c1cnc(Oc2ccc(N=C(N)c3nc(N4CCN(C)CC4)c(OC)cc3C)cc2C)cc1C(C)CC. The average Bonchev–Trinajstić information content (AvgIpc) is 2.97. The molecule has 9 nitrogen and oxygen atoms in total. The molecule has 2 N–H and O–H groups in total. The number of likely N-dealkylation sites (N-methyl/N-ethyl adjacent to an activating group) is 1. The van der Waals surface area contributed by atoms with Gasteiger partial charge in [-0.25, -0.2) is 15.0 Å². The zero-order valence-corrected chi connectivity index (χ0v) is 25.4. The molecule has 1 atom stereocenters. The Kier molecular flexibility index (Phi) is 9.50. The van der Waals surface area contributed by atoms with Crippen molar-refractivity contribution < 1.29 is 9.47 Å². The highest BCUT2D eigenvalue weighted by atomic mass is 16.5. The largest absolute Gasteiger partial charge is 0.493 e. The molecular formula is C32H43N7O2. The zero-order chi connectivity index (χ0) is 29.7. The number of amidine groups is 1. The number of nitrogens with zero attached hydrogens (tertiary/aromatic N) is 6. The second-order valence-corrected chi connectivity index (χ2v) is 10.7. The summed E-state index contributed by atoms with van der Waals surface area (Å²) in [6.45, 7) is 15.9. The van der Waals surface area contributed by atoms with Gasteiger partial charge in [-0.05, 0) is 80.4 Å². The lowest BCUT2D eigenvalue weighted by Crippen LogP contribution is -2.45. The summed E-state index contributed by atoms with van der Waals surface area (Å²) in [6.07, 6.45) is 4.64. The van der Waals surface area contributed by atoms with Crippen LogP contribution in [0.2, 0.25) is 0 Å². The Balaban J connectivity index is 1.59. The summed E-state index contributed by atoms with van der Waals surface area (Å²) in [5.74, 6) is 3.52. The van der Waals surface area contributed by atoms with Crippen molar-refractivity contribution in [2.24, 2.45) is 10.7 Å². The number of aryl methyl sites for hydroxylation is 2. The van der Waals surface area contributed by atoms with E-state index in [0.717, 1.165) is 66.7 Å². The molecule has 0 aliphatic carbocycles. The lowest BCUT2D eigenvalue weighted by molar-refractivity contribution is 0.310. The summed E-state index contributed by atoms with van der Waals surface area (Å²) in [6, 6.07) is 9.75. The Hall–Kier alpha value is -4.11. The van der Waals surface area contributed by atoms with E-state index >= 15 is 0 Å². The van der Waals surface area contributed by atoms with Crippen molar-refractivity contribution in [1.29, 1.82) is 0 Å². The van der Waals surface area contributed by atoms with Crippen molar-refractivity contribution in [3.05, 3.63) is 71.7 Å². The molecule has 0 saturated carbocycles. The number of aliphatic imine (C=N–C) groups is 1. The van der Waals surface area contributed by atoms with Gasteiger partial charge in [0.15, 0.2) is 11.6 Å². The van der Waals surface area contributed by atoms with Crippen LogP contribution in [-0.2, 0) is 0 Å². The van der Waals surface area contributed by atoms with Crippen molar-refractivity contribution in [1.82, 2.24) is 14.9 Å². The Morgan fingerprint density at radius 2 is 1.88 bits per heavy atom. The number of rotatable bonds is 10. The molecule has 9 heteroatoms. The van der Waals surface area contributed by atoms with Gasteiger partial charge in [0.2, 0.25) is 5.88 Å². The van der Waals surface area contributed by atoms with E-state index in [1.54, 1.807) is 13.3 Å². The van der Waals surface area contributed by atoms with E-state index in [1.807, 2.05) is 62.3 Å². The highest BCUT2D eigenvalue weighted by Crippen LogP contribution is 2.34. The molecule has 218 valence electrons. The Morgan fingerprint density at radius 3 is 2.51 bits per heavy atom. The van der Waals surface area contributed by atoms with Gasteiger partial charge in [-0.15, -0.1) is 0 Å². The van der Waals surface area contributed by atoms with Crippen LogP contribution in [0.15, 0.2) is 54.3 Å². The highest BCUT2D eigenvalue weighted by molar-refractivity contribution is 5.99. The van der Waals surface area contributed by atoms with Crippen LogP contribution in [0.25, 0.3) is 0 Å². The molecule has 1 saturated heterocycles. The van der Waals surface area contributed by atoms with E-state index < -0.39 is 0 Å². The number of nitrogens with two attached hydrogens (primary N) is 1. The van der Waals surface area contributed by atoms with E-state index in [-0.39, 0.29) is 0 Å². The molecule has 1 aliphatic heterocycles. The Bertz CT molecular complexity index is 1410. The quantitative estimate of drug-likeness (QED) is 0.248. The van der Waals surface area contributed by atoms with Gasteiger partial charge in [0.25, 0.3) is 0 Å². The molecule has 1 aliphatic rings. The molecule has 0 spiro atoms. The van der Waals surface area contributed by atoms with Crippen LogP contribution < -0.4 is 25.0 Å². The molecule has 2 aromatic heterocycles. The standard InChI is InChI=1S/C32H43N7O2/c1-9-21(3)25-19-29(34-20-26(25)38(7)10-2)41-27-12-11-24(17-22(27)4)35-31(33)30-23(5)18-28(40-8)32(36-30)39-15-13-37(6)14-16-39/h10-12,17-21H,2,9,13-16H2,1,3-8H3,(H2,33,35). The summed E-state index contributed by atoms with van der Waals surface area (Å²) < 4.78 is 11.9. The lowest BCUT2D eigenvalue weighted by Gasteiger charge is -2.34. The monoisotopic (exact) mass is 557 g/mol. The molecule has 1 fully saturated rings. The lowest BCUT2D eigenvalue weighted by atomic mass is 9.97. The molecule has 3 heterocycles. The van der Waals surface area contributed by atoms with Crippen LogP contribution in [0.5, 0.6) is 17.4 Å². The second kappa shape index (κ2) is 13.0. The van der Waals surface area contributed by atoms with Crippen LogP contribution in [0.4, 0.5) is 17.2 Å². The molecular weight excluding hydrogens is 514 g/mol. The predicted octanol–water partition coefficient (Wildman–Crippen LogP) is 5.78. The van der Waals surface area contributed by atoms with E-state index in [2.05, 4.69) is 42.3 Å². The molecule has 0 bridgehead atoms. The average molecular weight is 558 g/mol. The first-order valence-corrected chi connectivity index (χ1v) is 14.1. The number of hydrogen-bond donors (Lipinski definition) is 1. The van der Waals surface area contributed by atoms with Crippen molar-refractivity contribution >= 4 is 23.0 Å². The van der Waals surface area contributed by atoms with Crippen LogP contribution >= 0.6 is 0 Å². The van der Waals surface area contributed by atoms with Gasteiger partial charge < -0.3 is 29.9 Å². The number of piperazine rings is 1. The highest BCUT2D eigenvalue weighted by Gasteiger charge is 2.22. The number of ether oxygens (including phenoxy) is 2. The third kappa shape index (κ3) is 6.79. The number of methoxy groups -OCH3 is 1. The van der Waals surface area contributed by atoms with Crippen LogP contribution in [0.3, 0.4) is 0 Å². The molecule has 1 aromatic carbocycles. The van der Waals surface area contributed by atoms with Gasteiger partial charge in [-0.1, -0.05) is 20.4 Å². The number of pyridine rings is 2. The summed E-state index contributed by atoms with van der Waals surface area (Å²) >= 11 is 0. The number of hydrogen-bond acceptors (Lipinski definition) is 8. The van der Waals surface area contributed by atoms with Crippen LogP contribution in [0.1, 0.15) is 48.6 Å². The summed E-state index contributed by atoms with van der Waals surface area (Å²) in [5, 5.41) is 0. The summed E-state index contributed by atoms with van der Waals surface area (Å²) in [5.41, 5.74) is 11.9. The minimum absolute atomic E-state index is 0.352. The smallest absolute Gasteiger partial charge is 0.219 e. The maximum atomic E-state index is 6.53. The molecule has 3 aromatic rings. The van der Waals surface area contributed by atoms with Gasteiger partial charge in [-0.3, -0.25) is 0 Å². The Labute approximate surface area is 244 Å². The van der Waals surface area contributed by atoms with Gasteiger partial charge in [0, 0.05) is 39.3 Å². The minimum Gasteiger partial charge on any atom is -0.493 e. The molecule has 0 amide bonds. The maximum absolute atomic E-state index is 6.53. The van der Waals surface area contributed by atoms with E-state index in [9.17, 15) is 0 Å².